The number of nitrogens with zero attached hydrogens (tertiary/aromatic N) is 1. The van der Waals surface area contributed by atoms with E-state index in [1.54, 1.807) is 23.1 Å². The van der Waals surface area contributed by atoms with Gasteiger partial charge in [0.15, 0.2) is 5.78 Å². The van der Waals surface area contributed by atoms with E-state index in [1.807, 2.05) is 13.8 Å². The second-order valence-corrected chi connectivity index (χ2v) is 12.8. The van der Waals surface area contributed by atoms with Crippen LogP contribution in [0.15, 0.2) is 42.5 Å². The topological polar surface area (TPSA) is 174 Å². The van der Waals surface area contributed by atoms with E-state index in [0.717, 1.165) is 17.7 Å². The fourth-order valence-corrected chi connectivity index (χ4v) is 6.21. The number of nitrogens with two attached hydrogens (primary N) is 3. The summed E-state index contributed by atoms with van der Waals surface area (Å²) >= 11 is 0. The molecule has 4 rings (SSSR count). The molecule has 2 aromatic rings. The van der Waals surface area contributed by atoms with Crippen molar-refractivity contribution < 1.29 is 37.2 Å². The Morgan fingerprint density at radius 2 is 1.65 bits per heavy atom. The van der Waals surface area contributed by atoms with E-state index in [9.17, 15) is 32.6 Å². The fourth-order valence-electron chi connectivity index (χ4n) is 6.21. The van der Waals surface area contributed by atoms with Crippen LogP contribution in [0.4, 0.5) is 13.2 Å². The van der Waals surface area contributed by atoms with Gasteiger partial charge in [0.25, 0.3) is 0 Å². The summed E-state index contributed by atoms with van der Waals surface area (Å²) in [5.41, 5.74) is 18.8. The van der Waals surface area contributed by atoms with Crippen LogP contribution in [0.1, 0.15) is 55.4 Å². The van der Waals surface area contributed by atoms with Crippen molar-refractivity contribution in [1.82, 2.24) is 10.2 Å². The number of alkyl halides is 3. The molecule has 0 saturated carbocycles. The summed E-state index contributed by atoms with van der Waals surface area (Å²) in [4.78, 5) is 41.2. The minimum absolute atomic E-state index is 0.0310. The molecule has 1 saturated heterocycles. The van der Waals surface area contributed by atoms with E-state index in [1.165, 1.54) is 12.1 Å². The molecule has 8 N–H and O–H groups in total. The van der Waals surface area contributed by atoms with Crippen molar-refractivity contribution in [3.63, 3.8) is 0 Å². The molecule has 0 unspecified atom stereocenters. The third-order valence-electron chi connectivity index (χ3n) is 9.06. The van der Waals surface area contributed by atoms with Gasteiger partial charge in [-0.05, 0) is 92.3 Å². The Kier molecular flexibility index (Phi) is 11.3. The van der Waals surface area contributed by atoms with E-state index in [-0.39, 0.29) is 55.6 Å². The third-order valence-corrected chi connectivity index (χ3v) is 9.06. The van der Waals surface area contributed by atoms with Gasteiger partial charge in [-0.25, -0.2) is 0 Å². The lowest BCUT2D eigenvalue weighted by molar-refractivity contribution is -0.137. The van der Waals surface area contributed by atoms with Crippen LogP contribution < -0.4 is 28.0 Å². The maximum Gasteiger partial charge on any atom is 0.492 e. The molecule has 0 aromatic heterocycles. The Bertz CT molecular complexity index is 1400. The zero-order chi connectivity index (χ0) is 33.8. The number of carbonyl (C=O) groups excluding carboxylic acids is 3. The van der Waals surface area contributed by atoms with Crippen LogP contribution in [0.5, 0.6) is 0 Å². The van der Waals surface area contributed by atoms with Crippen LogP contribution >= 0.6 is 0 Å². The summed E-state index contributed by atoms with van der Waals surface area (Å²) in [6.07, 6.45) is -4.14. The quantitative estimate of drug-likeness (QED) is 0.201. The average molecular weight is 646 g/mol. The largest absolute Gasteiger partial charge is 0.492 e. The molecule has 0 aliphatic carbocycles. The second kappa shape index (κ2) is 14.6. The second-order valence-electron chi connectivity index (χ2n) is 12.8. The summed E-state index contributed by atoms with van der Waals surface area (Å²) in [7, 11) is -1.14. The summed E-state index contributed by atoms with van der Waals surface area (Å²) in [5, 5.41) is 13.1. The molecule has 2 heterocycles. The van der Waals surface area contributed by atoms with Crippen molar-refractivity contribution in [2.45, 2.75) is 69.8 Å². The number of amides is 2. The number of halogens is 3. The van der Waals surface area contributed by atoms with Crippen molar-refractivity contribution in [2.24, 2.45) is 29.0 Å². The smallest absolute Gasteiger partial charge is 0.423 e. The molecule has 10 nitrogen and oxygen atoms in total. The van der Waals surface area contributed by atoms with Crippen molar-refractivity contribution in [1.29, 1.82) is 0 Å². The van der Waals surface area contributed by atoms with Crippen molar-refractivity contribution >= 4 is 30.2 Å². The number of Topliss-reactive ketones (excluding diaryl/α,β-unsaturated/α-hetero) is 1. The zero-order valence-electron chi connectivity index (χ0n) is 26.2. The highest BCUT2D eigenvalue weighted by molar-refractivity contribution is 6.62. The van der Waals surface area contributed by atoms with Gasteiger partial charge in [0.2, 0.25) is 11.8 Å². The molecule has 2 aliphatic rings. The SMILES string of the molecule is CC1(C)OB(O)c2cc(CC(=O)[C@@H](CCc3ccc(C(F)(F)F)cc3)NC(=O)[C@@H](N)CCC(=O)N3C[C@H](CN)[C@@H](CN)C3)ccc21. The van der Waals surface area contributed by atoms with E-state index in [0.29, 0.717) is 42.8 Å². The maximum absolute atomic E-state index is 13.6. The number of nitrogens with one attached hydrogen (secondary N) is 1. The molecule has 2 aromatic carbocycles. The predicted octanol–water partition coefficient (Wildman–Crippen LogP) is 0.987. The molecular formula is C32H43BF3N5O5. The summed E-state index contributed by atoms with van der Waals surface area (Å²) in [6, 6.07) is 7.81. The number of hydrogen-bond acceptors (Lipinski definition) is 8. The van der Waals surface area contributed by atoms with Gasteiger partial charge in [0, 0.05) is 25.9 Å². The normalized spacial score (nSPS) is 20.4. The number of likely N-dealkylation sites (tertiary alicyclic amines) is 1. The number of rotatable bonds is 13. The van der Waals surface area contributed by atoms with Crippen molar-refractivity contribution in [3.8, 4) is 0 Å². The Hall–Kier alpha value is -3.30. The molecular weight excluding hydrogens is 602 g/mol. The Morgan fingerprint density at radius 1 is 1.04 bits per heavy atom. The van der Waals surface area contributed by atoms with E-state index in [4.69, 9.17) is 21.9 Å². The van der Waals surface area contributed by atoms with Crippen LogP contribution in [0.2, 0.25) is 0 Å². The fraction of sp³-hybridized carbons (Fsp3) is 0.531. The first kappa shape index (κ1) is 35.6. The van der Waals surface area contributed by atoms with Crippen LogP contribution in [0, 0.1) is 11.8 Å². The lowest BCUT2D eigenvalue weighted by Gasteiger charge is -2.22. The first-order valence-electron chi connectivity index (χ1n) is 15.5. The molecule has 0 spiro atoms. The number of benzene rings is 2. The van der Waals surface area contributed by atoms with Gasteiger partial charge in [-0.3, -0.25) is 14.4 Å². The molecule has 0 bridgehead atoms. The Balaban J connectivity index is 1.42. The molecule has 2 amide bonds. The van der Waals surface area contributed by atoms with Gasteiger partial charge in [0.05, 0.1) is 23.2 Å². The zero-order valence-corrected chi connectivity index (χ0v) is 26.2. The number of aryl methyl sites for hydroxylation is 1. The van der Waals surface area contributed by atoms with Crippen LogP contribution in [0.25, 0.3) is 0 Å². The Morgan fingerprint density at radius 3 is 2.24 bits per heavy atom. The monoisotopic (exact) mass is 645 g/mol. The average Bonchev–Trinajstić information content (AvgIpc) is 3.54. The van der Waals surface area contributed by atoms with Crippen LogP contribution in [-0.2, 0) is 43.7 Å². The maximum atomic E-state index is 13.6. The van der Waals surface area contributed by atoms with E-state index < -0.39 is 42.5 Å². The van der Waals surface area contributed by atoms with E-state index >= 15 is 0 Å². The number of ketones is 1. The standard InChI is InChI=1S/C32H43BF3N5O5/c1-31(2)24-9-5-20(13-25(24)33(45)46-31)14-28(42)27(11-6-19-3-7-23(8-4-19)32(34,35)36)40-30(44)26(39)10-12-29(43)41-17-21(15-37)22(16-38)18-41/h3-5,7-9,13,21-22,26-27,45H,6,10-12,14-18,37-39H2,1-2H3,(H,40,44)/t21-,22-,26-,27+/m0/s1. The third kappa shape index (κ3) is 8.54. The Labute approximate surface area is 267 Å². The highest BCUT2D eigenvalue weighted by atomic mass is 19.4. The highest BCUT2D eigenvalue weighted by Gasteiger charge is 2.41. The summed E-state index contributed by atoms with van der Waals surface area (Å²) in [6.45, 7) is 5.51. The van der Waals surface area contributed by atoms with Gasteiger partial charge in [-0.15, -0.1) is 0 Å². The minimum atomic E-state index is -4.47. The predicted molar refractivity (Wildman–Crippen MR) is 167 cm³/mol. The summed E-state index contributed by atoms with van der Waals surface area (Å²) in [5.74, 6) is -0.864. The van der Waals surface area contributed by atoms with Crippen LogP contribution in [-0.4, -0.2) is 72.9 Å². The lowest BCUT2D eigenvalue weighted by Crippen LogP contribution is -2.49. The molecule has 14 heteroatoms. The first-order valence-corrected chi connectivity index (χ1v) is 15.5. The highest BCUT2D eigenvalue weighted by Crippen LogP contribution is 2.31. The van der Waals surface area contributed by atoms with Gasteiger partial charge in [-0.2, -0.15) is 13.2 Å². The van der Waals surface area contributed by atoms with Crippen LogP contribution in [0.3, 0.4) is 0 Å². The molecule has 46 heavy (non-hydrogen) atoms. The van der Waals surface area contributed by atoms with E-state index in [2.05, 4.69) is 5.32 Å². The first-order chi connectivity index (χ1) is 21.6. The molecule has 1 fully saturated rings. The van der Waals surface area contributed by atoms with Gasteiger partial charge in [-0.1, -0.05) is 30.3 Å². The minimum Gasteiger partial charge on any atom is -0.423 e. The van der Waals surface area contributed by atoms with Gasteiger partial charge < -0.3 is 37.1 Å². The van der Waals surface area contributed by atoms with Gasteiger partial charge >= 0.3 is 13.3 Å². The molecule has 0 radical (unpaired) electrons. The summed E-state index contributed by atoms with van der Waals surface area (Å²) < 4.78 is 44.7. The van der Waals surface area contributed by atoms with Crippen molar-refractivity contribution in [3.05, 3.63) is 64.7 Å². The van der Waals surface area contributed by atoms with Crippen molar-refractivity contribution in [2.75, 3.05) is 26.2 Å². The number of carbonyl (C=O) groups is 3. The lowest BCUT2D eigenvalue weighted by atomic mass is 9.77. The number of hydrogen-bond donors (Lipinski definition) is 5. The number of fused-ring (bicyclic) bond motifs is 1. The molecule has 2 aliphatic heterocycles. The molecule has 4 atom stereocenters. The molecule has 250 valence electrons. The van der Waals surface area contributed by atoms with Gasteiger partial charge in [0.1, 0.15) is 0 Å².